The van der Waals surface area contributed by atoms with Gasteiger partial charge in [0.05, 0.1) is 13.2 Å². The molecule has 1 aromatic rings. The number of nitrogens with zero attached hydrogens (tertiary/aromatic N) is 2. The minimum Gasteiger partial charge on any atom is -0.489 e. The van der Waals surface area contributed by atoms with Crippen molar-refractivity contribution in [2.24, 2.45) is 17.8 Å². The maximum atomic E-state index is 13.3. The highest BCUT2D eigenvalue weighted by molar-refractivity contribution is 5.79. The molecule has 2 amide bonds. The van der Waals surface area contributed by atoms with E-state index in [0.717, 1.165) is 30.8 Å². The minimum absolute atomic E-state index is 0.0499. The van der Waals surface area contributed by atoms with Gasteiger partial charge in [-0.05, 0) is 43.1 Å². The molecule has 0 aromatic heterocycles. The number of carbonyl (C=O) groups excluding carboxylic acids is 2. The van der Waals surface area contributed by atoms with E-state index in [1.54, 1.807) is 7.11 Å². The van der Waals surface area contributed by atoms with Gasteiger partial charge < -0.3 is 19.7 Å². The van der Waals surface area contributed by atoms with E-state index in [0.29, 0.717) is 51.7 Å². The lowest BCUT2D eigenvalue weighted by Gasteiger charge is -2.38. The molecule has 0 radical (unpaired) electrons. The van der Waals surface area contributed by atoms with Crippen molar-refractivity contribution in [3.05, 3.63) is 42.0 Å². The molecule has 1 N–H and O–H groups in total. The van der Waals surface area contributed by atoms with Crippen LogP contribution in [0.4, 0.5) is 0 Å². The highest BCUT2D eigenvalue weighted by atomic mass is 16.5. The fourth-order valence-electron chi connectivity index (χ4n) is 4.86. The van der Waals surface area contributed by atoms with E-state index in [9.17, 15) is 9.59 Å². The number of ether oxygens (including phenoxy) is 2. The summed E-state index contributed by atoms with van der Waals surface area (Å²) >= 11 is 0. The van der Waals surface area contributed by atoms with Crippen LogP contribution in [-0.2, 0) is 20.9 Å². The summed E-state index contributed by atoms with van der Waals surface area (Å²) in [7, 11) is 1.63. The van der Waals surface area contributed by atoms with Gasteiger partial charge in [0.25, 0.3) is 0 Å². The molecule has 1 aromatic carbocycles. The molecule has 2 fully saturated rings. The third-order valence-electron chi connectivity index (χ3n) is 6.89. The fraction of sp³-hybridized carbons (Fsp3) is 0.615. The van der Waals surface area contributed by atoms with Crippen molar-refractivity contribution in [1.82, 2.24) is 15.1 Å². The largest absolute Gasteiger partial charge is 0.489 e. The Morgan fingerprint density at radius 3 is 2.88 bits per heavy atom. The lowest BCUT2D eigenvalue weighted by molar-refractivity contribution is -0.135. The van der Waals surface area contributed by atoms with Crippen molar-refractivity contribution in [2.75, 3.05) is 53.0 Å². The maximum Gasteiger partial charge on any atom is 0.236 e. The first kappa shape index (κ1) is 23.8. The van der Waals surface area contributed by atoms with Crippen LogP contribution in [0.1, 0.15) is 31.2 Å². The van der Waals surface area contributed by atoms with Gasteiger partial charge in [-0.3, -0.25) is 14.5 Å². The smallest absolute Gasteiger partial charge is 0.236 e. The van der Waals surface area contributed by atoms with Crippen LogP contribution in [0, 0.1) is 17.8 Å². The molecule has 7 heteroatoms. The zero-order valence-electron chi connectivity index (χ0n) is 19.7. The van der Waals surface area contributed by atoms with Gasteiger partial charge >= 0.3 is 0 Å². The molecule has 0 unspecified atom stereocenters. The summed E-state index contributed by atoms with van der Waals surface area (Å²) in [5.74, 6) is 2.19. The number of carbonyl (C=O) groups is 2. The van der Waals surface area contributed by atoms with Crippen molar-refractivity contribution in [3.63, 3.8) is 0 Å². The molecule has 1 aliphatic carbocycles. The summed E-state index contributed by atoms with van der Waals surface area (Å²) in [4.78, 5) is 30.0. The topological polar surface area (TPSA) is 71.1 Å². The van der Waals surface area contributed by atoms with Gasteiger partial charge in [0.15, 0.2) is 0 Å². The number of piperidine rings is 1. The second-order valence-electron chi connectivity index (χ2n) is 9.56. The van der Waals surface area contributed by atoms with Gasteiger partial charge in [-0.25, -0.2) is 0 Å². The van der Waals surface area contributed by atoms with Crippen LogP contribution >= 0.6 is 0 Å². The normalized spacial score (nSPS) is 24.2. The highest BCUT2D eigenvalue weighted by Gasteiger charge is 2.33. The number of fused-ring (bicyclic) bond motifs is 3. The molecular formula is C26H37N3O4. The van der Waals surface area contributed by atoms with E-state index < -0.39 is 0 Å². The highest BCUT2D eigenvalue weighted by Crippen LogP contribution is 2.32. The molecule has 33 heavy (non-hydrogen) atoms. The molecule has 2 heterocycles. The first-order valence-corrected chi connectivity index (χ1v) is 12.3. The summed E-state index contributed by atoms with van der Waals surface area (Å²) in [6, 6.07) is 8.13. The Morgan fingerprint density at radius 2 is 2.06 bits per heavy atom. The molecule has 4 rings (SSSR count). The van der Waals surface area contributed by atoms with Crippen LogP contribution in [0.3, 0.4) is 0 Å². The van der Waals surface area contributed by atoms with Gasteiger partial charge in [-0.15, -0.1) is 0 Å². The average molecular weight is 456 g/mol. The predicted molar refractivity (Wildman–Crippen MR) is 127 cm³/mol. The van der Waals surface area contributed by atoms with E-state index in [1.807, 2.05) is 29.2 Å². The molecule has 1 saturated heterocycles. The summed E-state index contributed by atoms with van der Waals surface area (Å²) < 4.78 is 11.1. The molecule has 7 nitrogen and oxygen atoms in total. The summed E-state index contributed by atoms with van der Waals surface area (Å²) in [6.07, 6.45) is 8.01. The maximum absolute atomic E-state index is 13.3. The lowest BCUT2D eigenvalue weighted by Crippen LogP contribution is -2.48. The number of para-hydroxylation sites is 1. The standard InChI is InChI=1S/C26H37N3O4/c1-32-14-11-27-25(30)15-21-10-12-29-18-22(21)6-4-13-33-24-7-3-2-5-23(24)17-28(19-26(29)31)16-20-8-9-20/h2-7,20-22H,8-19H2,1H3,(H,27,30)/t21-,22-/m0/s1. The zero-order chi connectivity index (χ0) is 23.0. The lowest BCUT2D eigenvalue weighted by atomic mass is 9.82. The van der Waals surface area contributed by atoms with E-state index in [4.69, 9.17) is 9.47 Å². The summed E-state index contributed by atoms with van der Waals surface area (Å²) in [5.41, 5.74) is 1.13. The number of methoxy groups -OCH3 is 1. The van der Waals surface area contributed by atoms with Crippen LogP contribution in [0.15, 0.2) is 36.4 Å². The summed E-state index contributed by atoms with van der Waals surface area (Å²) in [5, 5.41) is 2.93. The number of hydrogen-bond donors (Lipinski definition) is 1. The van der Waals surface area contributed by atoms with E-state index >= 15 is 0 Å². The first-order chi connectivity index (χ1) is 16.1. The van der Waals surface area contributed by atoms with Crippen LogP contribution in [0.25, 0.3) is 0 Å². The quantitative estimate of drug-likeness (QED) is 0.505. The Morgan fingerprint density at radius 1 is 1.21 bits per heavy atom. The molecule has 2 bridgehead atoms. The van der Waals surface area contributed by atoms with Crippen molar-refractivity contribution >= 4 is 11.8 Å². The average Bonchev–Trinajstić information content (AvgIpc) is 3.62. The molecular weight excluding hydrogens is 418 g/mol. The molecule has 2 aliphatic heterocycles. The van der Waals surface area contributed by atoms with Crippen LogP contribution < -0.4 is 10.1 Å². The van der Waals surface area contributed by atoms with E-state index in [-0.39, 0.29) is 23.7 Å². The van der Waals surface area contributed by atoms with Crippen LogP contribution in [0.5, 0.6) is 5.75 Å². The Hall–Kier alpha value is -2.38. The third kappa shape index (κ3) is 7.05. The van der Waals surface area contributed by atoms with Crippen LogP contribution in [0.2, 0.25) is 0 Å². The molecule has 0 spiro atoms. The first-order valence-electron chi connectivity index (χ1n) is 12.3. The van der Waals surface area contributed by atoms with Crippen molar-refractivity contribution in [1.29, 1.82) is 0 Å². The molecule has 180 valence electrons. The fourth-order valence-corrected chi connectivity index (χ4v) is 4.86. The SMILES string of the molecule is COCCNC(=O)C[C@@H]1CCN2C[C@@H]1C=CCOc1ccccc1CN(CC1CC1)CC2=O. The molecule has 2 atom stereocenters. The Labute approximate surface area is 197 Å². The van der Waals surface area contributed by atoms with Gasteiger partial charge in [-0.2, -0.15) is 0 Å². The van der Waals surface area contributed by atoms with Gasteiger partial charge in [0.2, 0.25) is 11.8 Å². The Bertz CT molecular complexity index is 839. The van der Waals surface area contributed by atoms with E-state index in [1.165, 1.54) is 12.8 Å². The molecule has 3 aliphatic rings. The van der Waals surface area contributed by atoms with Crippen LogP contribution in [-0.4, -0.2) is 74.7 Å². The summed E-state index contributed by atoms with van der Waals surface area (Å²) in [6.45, 7) is 5.01. The zero-order valence-corrected chi connectivity index (χ0v) is 19.7. The number of amides is 2. The van der Waals surface area contributed by atoms with Crippen molar-refractivity contribution < 1.29 is 19.1 Å². The van der Waals surface area contributed by atoms with E-state index in [2.05, 4.69) is 22.4 Å². The minimum atomic E-state index is 0.0499. The van der Waals surface area contributed by atoms with Gasteiger partial charge in [0, 0.05) is 51.8 Å². The monoisotopic (exact) mass is 455 g/mol. The second-order valence-corrected chi connectivity index (χ2v) is 9.56. The number of benzene rings is 1. The second kappa shape index (κ2) is 11.7. The predicted octanol–water partition coefficient (Wildman–Crippen LogP) is 2.46. The Balaban J connectivity index is 1.48. The Kier molecular flexibility index (Phi) is 8.40. The third-order valence-corrected chi connectivity index (χ3v) is 6.89. The number of hydrogen-bond acceptors (Lipinski definition) is 5. The molecule has 1 saturated carbocycles. The van der Waals surface area contributed by atoms with Crippen molar-refractivity contribution in [2.45, 2.75) is 32.2 Å². The van der Waals surface area contributed by atoms with Gasteiger partial charge in [0.1, 0.15) is 12.4 Å². The number of nitrogens with one attached hydrogen (secondary N) is 1. The van der Waals surface area contributed by atoms with Crippen molar-refractivity contribution in [3.8, 4) is 5.75 Å². The number of rotatable bonds is 7. The van der Waals surface area contributed by atoms with Gasteiger partial charge in [-0.1, -0.05) is 30.4 Å².